The van der Waals surface area contributed by atoms with Crippen LogP contribution in [0.15, 0.2) is 76.3 Å². The van der Waals surface area contributed by atoms with Crippen molar-refractivity contribution < 1.29 is 9.53 Å². The summed E-state index contributed by atoms with van der Waals surface area (Å²) < 4.78 is 6.66. The molecule has 0 fully saturated rings. The normalized spacial score (nSPS) is 11.4. The molecule has 0 saturated heterocycles. The minimum Gasteiger partial charge on any atom is -0.483 e. The van der Waals surface area contributed by atoms with Gasteiger partial charge in [-0.15, -0.1) is 0 Å². The first kappa shape index (κ1) is 17.2. The molecule has 0 aliphatic heterocycles. The first-order valence-electron chi connectivity index (χ1n) is 7.84. The van der Waals surface area contributed by atoms with Gasteiger partial charge in [0.15, 0.2) is 6.61 Å². The fraction of sp³-hybridized carbons (Fsp3) is 0.100. The van der Waals surface area contributed by atoms with Crippen LogP contribution in [-0.4, -0.2) is 18.2 Å². The Morgan fingerprint density at radius 2 is 1.68 bits per heavy atom. The Labute approximate surface area is 154 Å². The minimum atomic E-state index is -0.303. The molecule has 0 aliphatic carbocycles. The Morgan fingerprint density at radius 3 is 2.44 bits per heavy atom. The molecule has 0 atom stereocenters. The van der Waals surface area contributed by atoms with Crippen LogP contribution in [0.5, 0.6) is 5.75 Å². The van der Waals surface area contributed by atoms with E-state index in [0.717, 1.165) is 26.5 Å². The van der Waals surface area contributed by atoms with E-state index in [4.69, 9.17) is 4.74 Å². The van der Waals surface area contributed by atoms with Gasteiger partial charge in [-0.05, 0) is 30.0 Å². The van der Waals surface area contributed by atoms with Gasteiger partial charge in [-0.25, -0.2) is 5.43 Å². The Kier molecular flexibility index (Phi) is 5.46. The van der Waals surface area contributed by atoms with Crippen molar-refractivity contribution in [2.45, 2.75) is 6.92 Å². The molecule has 0 unspecified atom stereocenters. The van der Waals surface area contributed by atoms with Crippen molar-refractivity contribution in [3.05, 3.63) is 76.8 Å². The molecule has 1 N–H and O–H groups in total. The molecule has 0 radical (unpaired) electrons. The van der Waals surface area contributed by atoms with Gasteiger partial charge in [0.05, 0.1) is 5.71 Å². The third-order valence-corrected chi connectivity index (χ3v) is 4.42. The van der Waals surface area contributed by atoms with Crippen LogP contribution in [0.2, 0.25) is 0 Å². The Bertz CT molecular complexity index is 923. The summed E-state index contributed by atoms with van der Waals surface area (Å²) in [4.78, 5) is 12.0. The van der Waals surface area contributed by atoms with E-state index < -0.39 is 0 Å². The molecule has 5 heteroatoms. The van der Waals surface area contributed by atoms with Gasteiger partial charge in [-0.3, -0.25) is 4.79 Å². The van der Waals surface area contributed by atoms with E-state index in [1.54, 1.807) is 0 Å². The van der Waals surface area contributed by atoms with Crippen LogP contribution in [0.4, 0.5) is 0 Å². The van der Waals surface area contributed by atoms with E-state index in [-0.39, 0.29) is 12.5 Å². The smallest absolute Gasteiger partial charge is 0.277 e. The summed E-state index contributed by atoms with van der Waals surface area (Å²) >= 11 is 3.52. The van der Waals surface area contributed by atoms with Gasteiger partial charge in [0.1, 0.15) is 5.75 Å². The lowest BCUT2D eigenvalue weighted by Gasteiger charge is -2.10. The number of benzene rings is 3. The highest BCUT2D eigenvalue weighted by Gasteiger charge is 2.07. The molecule has 0 bridgehead atoms. The van der Waals surface area contributed by atoms with Gasteiger partial charge in [0, 0.05) is 9.86 Å². The number of ether oxygens (including phenoxy) is 1. The van der Waals surface area contributed by atoms with Gasteiger partial charge in [0.2, 0.25) is 0 Å². The Balaban J connectivity index is 1.64. The van der Waals surface area contributed by atoms with Gasteiger partial charge in [-0.1, -0.05) is 70.5 Å². The van der Waals surface area contributed by atoms with Crippen LogP contribution < -0.4 is 10.2 Å². The highest BCUT2D eigenvalue weighted by atomic mass is 79.9. The van der Waals surface area contributed by atoms with Crippen molar-refractivity contribution >= 4 is 38.3 Å². The van der Waals surface area contributed by atoms with E-state index in [0.29, 0.717) is 5.75 Å². The first-order valence-corrected chi connectivity index (χ1v) is 8.63. The molecule has 126 valence electrons. The van der Waals surface area contributed by atoms with Gasteiger partial charge >= 0.3 is 0 Å². The summed E-state index contributed by atoms with van der Waals surface area (Å²) in [5.41, 5.74) is 4.23. The number of halogens is 1. The number of fused-ring (bicyclic) bond motifs is 1. The summed E-state index contributed by atoms with van der Waals surface area (Å²) in [5, 5.41) is 6.11. The predicted octanol–water partition coefficient (Wildman–Crippen LogP) is 4.52. The van der Waals surface area contributed by atoms with Gasteiger partial charge in [0.25, 0.3) is 5.91 Å². The number of carbonyl (C=O) groups excluding carboxylic acids is 1. The Hall–Kier alpha value is -2.66. The Morgan fingerprint density at radius 1 is 1.00 bits per heavy atom. The number of nitrogens with one attached hydrogen (secondary N) is 1. The second kappa shape index (κ2) is 7.94. The average Bonchev–Trinajstić information content (AvgIpc) is 2.66. The SMILES string of the molecule is C/C(=N/NC(=O)COc1ccc(Br)c2ccccc12)c1ccccc1. The lowest BCUT2D eigenvalue weighted by molar-refractivity contribution is -0.123. The van der Waals surface area contributed by atoms with Crippen LogP contribution >= 0.6 is 15.9 Å². The fourth-order valence-electron chi connectivity index (χ4n) is 2.43. The molecule has 3 aromatic rings. The number of hydrazone groups is 1. The van der Waals surface area contributed by atoms with Gasteiger partial charge < -0.3 is 4.74 Å². The number of hydrogen-bond donors (Lipinski definition) is 1. The van der Waals surface area contributed by atoms with Crippen molar-refractivity contribution in [1.82, 2.24) is 5.43 Å². The molecule has 0 spiro atoms. The topological polar surface area (TPSA) is 50.7 Å². The molecule has 4 nitrogen and oxygen atoms in total. The summed E-state index contributed by atoms with van der Waals surface area (Å²) in [5.74, 6) is 0.361. The lowest BCUT2D eigenvalue weighted by Crippen LogP contribution is -2.25. The maximum absolute atomic E-state index is 12.0. The molecule has 3 rings (SSSR count). The molecule has 0 heterocycles. The van der Waals surface area contributed by atoms with E-state index in [2.05, 4.69) is 26.5 Å². The van der Waals surface area contributed by atoms with Crippen molar-refractivity contribution in [2.24, 2.45) is 5.10 Å². The molecule has 25 heavy (non-hydrogen) atoms. The van der Waals surface area contributed by atoms with Crippen molar-refractivity contribution in [2.75, 3.05) is 6.61 Å². The summed E-state index contributed by atoms with van der Waals surface area (Å²) in [6, 6.07) is 21.3. The van der Waals surface area contributed by atoms with Crippen LogP contribution in [0, 0.1) is 0 Å². The molecule has 3 aromatic carbocycles. The maximum Gasteiger partial charge on any atom is 0.277 e. The number of nitrogens with zero attached hydrogens (tertiary/aromatic N) is 1. The highest BCUT2D eigenvalue weighted by molar-refractivity contribution is 9.10. The monoisotopic (exact) mass is 396 g/mol. The molecule has 1 amide bonds. The standard InChI is InChI=1S/C20H17BrN2O2/c1-14(15-7-3-2-4-8-15)22-23-20(24)13-25-19-12-11-18(21)16-9-5-6-10-17(16)19/h2-12H,13H2,1H3,(H,23,24)/b22-14-. The van der Waals surface area contributed by atoms with E-state index in [1.807, 2.05) is 73.7 Å². The molecule has 0 aromatic heterocycles. The van der Waals surface area contributed by atoms with Crippen molar-refractivity contribution in [3.63, 3.8) is 0 Å². The average molecular weight is 397 g/mol. The van der Waals surface area contributed by atoms with Crippen molar-refractivity contribution in [1.29, 1.82) is 0 Å². The number of amides is 1. The third kappa shape index (κ3) is 4.25. The zero-order valence-corrected chi connectivity index (χ0v) is 15.3. The second-order valence-electron chi connectivity index (χ2n) is 5.48. The second-order valence-corrected chi connectivity index (χ2v) is 6.33. The molecular formula is C20H17BrN2O2. The summed E-state index contributed by atoms with van der Waals surface area (Å²) in [7, 11) is 0. The summed E-state index contributed by atoms with van der Waals surface area (Å²) in [6.07, 6.45) is 0. The number of carbonyl (C=O) groups is 1. The van der Waals surface area contributed by atoms with E-state index >= 15 is 0 Å². The molecular weight excluding hydrogens is 380 g/mol. The van der Waals surface area contributed by atoms with E-state index in [1.165, 1.54) is 0 Å². The highest BCUT2D eigenvalue weighted by Crippen LogP contribution is 2.31. The number of rotatable bonds is 5. The third-order valence-electron chi connectivity index (χ3n) is 3.73. The lowest BCUT2D eigenvalue weighted by atomic mass is 10.1. The minimum absolute atomic E-state index is 0.100. The number of hydrogen-bond acceptors (Lipinski definition) is 3. The molecule has 0 aliphatic rings. The van der Waals surface area contributed by atoms with Crippen molar-refractivity contribution in [3.8, 4) is 5.75 Å². The zero-order chi connectivity index (χ0) is 17.6. The van der Waals surface area contributed by atoms with Crippen LogP contribution in [0.25, 0.3) is 10.8 Å². The van der Waals surface area contributed by atoms with Crippen LogP contribution in [-0.2, 0) is 4.79 Å². The van der Waals surface area contributed by atoms with Crippen LogP contribution in [0.3, 0.4) is 0 Å². The first-order chi connectivity index (χ1) is 12.1. The quantitative estimate of drug-likeness (QED) is 0.508. The zero-order valence-electron chi connectivity index (χ0n) is 13.7. The maximum atomic E-state index is 12.0. The summed E-state index contributed by atoms with van der Waals surface area (Å²) in [6.45, 7) is 1.75. The molecule has 0 saturated carbocycles. The largest absolute Gasteiger partial charge is 0.483 e. The predicted molar refractivity (Wildman–Crippen MR) is 104 cm³/mol. The van der Waals surface area contributed by atoms with Gasteiger partial charge in [-0.2, -0.15) is 5.10 Å². The van der Waals surface area contributed by atoms with E-state index in [9.17, 15) is 4.79 Å². The fourth-order valence-corrected chi connectivity index (χ4v) is 2.90. The van der Waals surface area contributed by atoms with Crippen LogP contribution in [0.1, 0.15) is 12.5 Å².